The molecule has 0 saturated carbocycles. The average molecular weight is 503 g/mol. The van der Waals surface area contributed by atoms with Gasteiger partial charge in [0.05, 0.1) is 11.5 Å². The van der Waals surface area contributed by atoms with E-state index in [0.717, 1.165) is 0 Å². The van der Waals surface area contributed by atoms with Crippen molar-refractivity contribution < 1.29 is 23.9 Å². The van der Waals surface area contributed by atoms with Crippen molar-refractivity contribution in [3.63, 3.8) is 0 Å². The molecule has 0 bridgehead atoms. The summed E-state index contributed by atoms with van der Waals surface area (Å²) in [5.41, 5.74) is -0.148. The minimum absolute atomic E-state index is 0.0278. The molecule has 0 spiro atoms. The zero-order valence-corrected chi connectivity index (χ0v) is 22.9. The summed E-state index contributed by atoms with van der Waals surface area (Å²) < 4.78 is 5.64. The fourth-order valence-corrected chi connectivity index (χ4v) is 3.88. The molecule has 9 nitrogen and oxygen atoms in total. The SMILES string of the molecule is CC(C)C[C@H](NC(=O)c1ccccc1OCC(=O)NC(C)(C)C)C(=O)N1CC(C(=O)N(C)C(C)C)C1. The van der Waals surface area contributed by atoms with Gasteiger partial charge in [0.25, 0.3) is 11.8 Å². The number of rotatable bonds is 10. The zero-order valence-electron chi connectivity index (χ0n) is 22.9. The molecule has 0 unspecified atom stereocenters. The molecular formula is C27H42N4O5. The number of nitrogens with zero attached hydrogens (tertiary/aromatic N) is 2. The van der Waals surface area contributed by atoms with Gasteiger partial charge < -0.3 is 25.2 Å². The van der Waals surface area contributed by atoms with Crippen LogP contribution in [0.2, 0.25) is 0 Å². The molecule has 0 radical (unpaired) electrons. The first-order valence-electron chi connectivity index (χ1n) is 12.6. The Hall–Kier alpha value is -3.10. The Labute approximate surface area is 214 Å². The molecule has 2 rings (SSSR count). The highest BCUT2D eigenvalue weighted by Gasteiger charge is 2.40. The van der Waals surface area contributed by atoms with Crippen LogP contribution < -0.4 is 15.4 Å². The van der Waals surface area contributed by atoms with Crippen molar-refractivity contribution in [3.05, 3.63) is 29.8 Å². The molecule has 0 aromatic heterocycles. The van der Waals surface area contributed by atoms with Gasteiger partial charge in [-0.1, -0.05) is 26.0 Å². The van der Waals surface area contributed by atoms with E-state index in [9.17, 15) is 19.2 Å². The quantitative estimate of drug-likeness (QED) is 0.511. The lowest BCUT2D eigenvalue weighted by Gasteiger charge is -2.42. The summed E-state index contributed by atoms with van der Waals surface area (Å²) in [6.45, 7) is 14.0. The van der Waals surface area contributed by atoms with Crippen molar-refractivity contribution in [2.75, 3.05) is 26.7 Å². The van der Waals surface area contributed by atoms with E-state index in [-0.39, 0.29) is 53.5 Å². The van der Waals surface area contributed by atoms with Gasteiger partial charge in [-0.3, -0.25) is 19.2 Å². The van der Waals surface area contributed by atoms with Crippen molar-refractivity contribution in [2.45, 2.75) is 72.5 Å². The lowest BCUT2D eigenvalue weighted by molar-refractivity contribution is -0.149. The van der Waals surface area contributed by atoms with E-state index in [1.54, 1.807) is 41.1 Å². The van der Waals surface area contributed by atoms with E-state index in [2.05, 4.69) is 10.6 Å². The Morgan fingerprint density at radius 2 is 1.69 bits per heavy atom. The molecule has 1 heterocycles. The van der Waals surface area contributed by atoms with Gasteiger partial charge in [-0.25, -0.2) is 0 Å². The number of hydrogen-bond donors (Lipinski definition) is 2. The molecule has 0 aliphatic carbocycles. The van der Waals surface area contributed by atoms with Gasteiger partial charge in [0.2, 0.25) is 11.8 Å². The maximum Gasteiger partial charge on any atom is 0.258 e. The molecule has 1 aromatic carbocycles. The average Bonchev–Trinajstić information content (AvgIpc) is 2.74. The predicted octanol–water partition coefficient (Wildman–Crippen LogP) is 2.45. The van der Waals surface area contributed by atoms with E-state index in [4.69, 9.17) is 4.74 Å². The van der Waals surface area contributed by atoms with Crippen molar-refractivity contribution in [2.24, 2.45) is 11.8 Å². The topological polar surface area (TPSA) is 108 Å². The van der Waals surface area contributed by atoms with Crippen LogP contribution in [-0.2, 0) is 14.4 Å². The number of carbonyl (C=O) groups is 4. The molecule has 1 aromatic rings. The third-order valence-electron chi connectivity index (χ3n) is 5.98. The van der Waals surface area contributed by atoms with E-state index in [1.165, 1.54) is 0 Å². The number of ether oxygens (including phenoxy) is 1. The lowest BCUT2D eigenvalue weighted by Crippen LogP contribution is -2.61. The Bertz CT molecular complexity index is 948. The van der Waals surface area contributed by atoms with Gasteiger partial charge in [-0.05, 0) is 59.1 Å². The number of para-hydroxylation sites is 1. The van der Waals surface area contributed by atoms with Crippen LogP contribution in [0.25, 0.3) is 0 Å². The first-order chi connectivity index (χ1) is 16.7. The second-order valence-corrected chi connectivity index (χ2v) is 11.2. The van der Waals surface area contributed by atoms with Crippen LogP contribution in [0, 0.1) is 11.8 Å². The van der Waals surface area contributed by atoms with Gasteiger partial charge in [0, 0.05) is 31.7 Å². The Morgan fingerprint density at radius 1 is 1.08 bits per heavy atom. The number of likely N-dealkylation sites (tertiary alicyclic amines) is 1. The number of nitrogens with one attached hydrogen (secondary N) is 2. The summed E-state index contributed by atoms with van der Waals surface area (Å²) in [6.07, 6.45) is 0.461. The minimum Gasteiger partial charge on any atom is -0.483 e. The monoisotopic (exact) mass is 502 g/mol. The summed E-state index contributed by atoms with van der Waals surface area (Å²) in [4.78, 5) is 54.4. The maximum atomic E-state index is 13.2. The second-order valence-electron chi connectivity index (χ2n) is 11.2. The van der Waals surface area contributed by atoms with E-state index < -0.39 is 17.5 Å². The highest BCUT2D eigenvalue weighted by atomic mass is 16.5. The van der Waals surface area contributed by atoms with Gasteiger partial charge in [-0.15, -0.1) is 0 Å². The van der Waals surface area contributed by atoms with Crippen molar-refractivity contribution in [3.8, 4) is 5.75 Å². The first-order valence-corrected chi connectivity index (χ1v) is 12.6. The Kier molecular flexibility index (Phi) is 9.90. The highest BCUT2D eigenvalue weighted by molar-refractivity contribution is 6.00. The normalized spacial score (nSPS) is 14.8. The molecule has 36 heavy (non-hydrogen) atoms. The molecule has 200 valence electrons. The maximum absolute atomic E-state index is 13.2. The van der Waals surface area contributed by atoms with E-state index in [0.29, 0.717) is 19.5 Å². The number of hydrogen-bond acceptors (Lipinski definition) is 5. The fraction of sp³-hybridized carbons (Fsp3) is 0.630. The fourth-order valence-electron chi connectivity index (χ4n) is 3.88. The van der Waals surface area contributed by atoms with Crippen LogP contribution in [0.15, 0.2) is 24.3 Å². The molecule has 9 heteroatoms. The molecule has 4 amide bonds. The number of benzene rings is 1. The van der Waals surface area contributed by atoms with Crippen LogP contribution in [0.1, 0.15) is 65.2 Å². The Morgan fingerprint density at radius 3 is 2.25 bits per heavy atom. The molecule has 1 aliphatic heterocycles. The third-order valence-corrected chi connectivity index (χ3v) is 5.98. The van der Waals surface area contributed by atoms with Crippen molar-refractivity contribution in [1.82, 2.24) is 20.4 Å². The van der Waals surface area contributed by atoms with E-state index >= 15 is 0 Å². The van der Waals surface area contributed by atoms with Crippen LogP contribution in [0.5, 0.6) is 5.75 Å². The lowest BCUT2D eigenvalue weighted by atomic mass is 9.94. The van der Waals surface area contributed by atoms with Crippen molar-refractivity contribution >= 4 is 23.6 Å². The van der Waals surface area contributed by atoms with Gasteiger partial charge >= 0.3 is 0 Å². The second kappa shape index (κ2) is 12.2. The minimum atomic E-state index is -0.728. The van der Waals surface area contributed by atoms with Gasteiger partial charge in [0.1, 0.15) is 11.8 Å². The summed E-state index contributed by atoms with van der Waals surface area (Å²) >= 11 is 0. The molecule has 1 fully saturated rings. The van der Waals surface area contributed by atoms with Gasteiger partial charge in [-0.2, -0.15) is 0 Å². The molecular weight excluding hydrogens is 460 g/mol. The van der Waals surface area contributed by atoms with Crippen molar-refractivity contribution in [1.29, 1.82) is 0 Å². The van der Waals surface area contributed by atoms with Gasteiger partial charge in [0.15, 0.2) is 6.61 Å². The largest absolute Gasteiger partial charge is 0.483 e. The van der Waals surface area contributed by atoms with E-state index in [1.807, 2.05) is 48.5 Å². The summed E-state index contributed by atoms with van der Waals surface area (Å²) in [5.74, 6) is -0.704. The predicted molar refractivity (Wildman–Crippen MR) is 139 cm³/mol. The van der Waals surface area contributed by atoms with Crippen LogP contribution in [-0.4, -0.2) is 77.8 Å². The standard InChI is InChI=1S/C27H42N4O5/c1-17(2)13-21(26(35)31-14-19(15-31)25(34)30(8)18(3)4)28-24(33)20-11-9-10-12-22(20)36-16-23(32)29-27(5,6)7/h9-12,17-19,21H,13-16H2,1-8H3,(H,28,33)(H,29,32)/t21-/m0/s1. The Balaban J connectivity index is 2.06. The van der Waals surface area contributed by atoms with Crippen LogP contribution in [0.4, 0.5) is 0 Å². The summed E-state index contributed by atoms with van der Waals surface area (Å²) in [7, 11) is 1.77. The third kappa shape index (κ3) is 8.24. The zero-order chi connectivity index (χ0) is 27.2. The number of amides is 4. The molecule has 1 atom stereocenters. The molecule has 1 saturated heterocycles. The summed E-state index contributed by atoms with van der Waals surface area (Å²) in [5, 5.41) is 5.67. The highest BCUT2D eigenvalue weighted by Crippen LogP contribution is 2.23. The van der Waals surface area contributed by atoms with Crippen LogP contribution in [0.3, 0.4) is 0 Å². The first kappa shape index (κ1) is 29.1. The smallest absolute Gasteiger partial charge is 0.258 e. The summed E-state index contributed by atoms with van der Waals surface area (Å²) in [6, 6.07) is 6.01. The number of carbonyl (C=O) groups excluding carboxylic acids is 4. The molecule has 2 N–H and O–H groups in total. The molecule has 1 aliphatic rings. The van der Waals surface area contributed by atoms with Crippen LogP contribution >= 0.6 is 0 Å².